The highest BCUT2D eigenvalue weighted by Crippen LogP contribution is 2.42. The van der Waals surface area contributed by atoms with Gasteiger partial charge in [0.05, 0.1) is 0 Å². The van der Waals surface area contributed by atoms with E-state index < -0.39 is 0 Å². The maximum atomic E-state index is 2.38. The Morgan fingerprint density at radius 1 is 0.522 bits per heavy atom. The first kappa shape index (κ1) is 13.8. The summed E-state index contributed by atoms with van der Waals surface area (Å²) in [4.78, 5) is 0. The molecule has 0 nitrogen and oxygen atoms in total. The van der Waals surface area contributed by atoms with Crippen molar-refractivity contribution in [3.05, 3.63) is 120 Å². The molecule has 0 heteroatoms. The summed E-state index contributed by atoms with van der Waals surface area (Å²) >= 11 is 0. The molecule has 4 rings (SSSR count). The predicted molar refractivity (Wildman–Crippen MR) is 98.0 cm³/mol. The van der Waals surface area contributed by atoms with Crippen LogP contribution in [0.5, 0.6) is 0 Å². The molecule has 0 fully saturated rings. The molecule has 110 valence electrons. The van der Waals surface area contributed by atoms with Gasteiger partial charge in [-0.25, -0.2) is 0 Å². The van der Waals surface area contributed by atoms with Gasteiger partial charge in [-0.1, -0.05) is 97.1 Å². The fourth-order valence-corrected chi connectivity index (χ4v) is 3.21. The first-order valence-electron chi connectivity index (χ1n) is 8.01. The van der Waals surface area contributed by atoms with Crippen molar-refractivity contribution in [2.24, 2.45) is 0 Å². The van der Waals surface area contributed by atoms with E-state index in [-0.39, 0.29) is 0 Å². The minimum Gasteiger partial charge on any atom is -0.0647 e. The average Bonchev–Trinajstić information content (AvgIpc) is 3.09. The quantitative estimate of drug-likeness (QED) is 0.560. The lowest BCUT2D eigenvalue weighted by Crippen LogP contribution is -1.96. The molecule has 0 saturated heterocycles. The second-order valence-electron chi connectivity index (χ2n) is 5.84. The van der Waals surface area contributed by atoms with Crippen molar-refractivity contribution in [2.45, 2.75) is 5.92 Å². The van der Waals surface area contributed by atoms with Crippen molar-refractivity contribution in [1.29, 1.82) is 0 Å². The van der Waals surface area contributed by atoms with Crippen molar-refractivity contribution in [1.82, 2.24) is 0 Å². The molecule has 1 aliphatic rings. The maximum absolute atomic E-state index is 2.38. The molecule has 23 heavy (non-hydrogen) atoms. The number of hydrogen-bond donors (Lipinski definition) is 0. The first-order chi connectivity index (χ1) is 11.4. The third kappa shape index (κ3) is 2.76. The molecule has 0 amide bonds. The average molecular weight is 294 g/mol. The Morgan fingerprint density at radius 2 is 1.04 bits per heavy atom. The standard InChI is InChI=1S/C23H18/c1-4-10-18(11-5-1)21-16-22(19-12-6-2-7-13-19)23(17-21)20-14-8-3-9-15-20/h1-17,22H/t22-/m1/s1. The molecule has 1 aliphatic carbocycles. The molecule has 0 N–H and O–H groups in total. The Labute approximate surface area is 137 Å². The third-order valence-corrected chi connectivity index (χ3v) is 4.37. The summed E-state index contributed by atoms with van der Waals surface area (Å²) in [6, 6.07) is 32.0. The molecule has 0 heterocycles. The minimum absolute atomic E-state index is 0.314. The van der Waals surface area contributed by atoms with Crippen molar-refractivity contribution in [2.75, 3.05) is 0 Å². The van der Waals surface area contributed by atoms with Crippen molar-refractivity contribution in [3.63, 3.8) is 0 Å². The Balaban J connectivity index is 1.82. The first-order valence-corrected chi connectivity index (χ1v) is 8.01. The van der Waals surface area contributed by atoms with Crippen LogP contribution in [0.4, 0.5) is 0 Å². The summed E-state index contributed by atoms with van der Waals surface area (Å²) in [5.74, 6) is 0.314. The summed E-state index contributed by atoms with van der Waals surface area (Å²) in [6.45, 7) is 0. The zero-order valence-electron chi connectivity index (χ0n) is 12.9. The summed E-state index contributed by atoms with van der Waals surface area (Å²) in [5.41, 5.74) is 6.59. The highest BCUT2D eigenvalue weighted by atomic mass is 14.3. The van der Waals surface area contributed by atoms with Crippen LogP contribution in [0.3, 0.4) is 0 Å². The molecule has 1 atom stereocenters. The monoisotopic (exact) mass is 294 g/mol. The lowest BCUT2D eigenvalue weighted by molar-refractivity contribution is 1.12. The minimum atomic E-state index is 0.314. The Bertz CT molecular complexity index is 840. The van der Waals surface area contributed by atoms with Crippen molar-refractivity contribution < 1.29 is 0 Å². The molecule has 3 aromatic rings. The fourth-order valence-electron chi connectivity index (χ4n) is 3.21. The molecule has 0 spiro atoms. The molecular formula is C23H18. The summed E-state index contributed by atoms with van der Waals surface area (Å²) < 4.78 is 0. The lowest BCUT2D eigenvalue weighted by atomic mass is 9.89. The van der Waals surface area contributed by atoms with Gasteiger partial charge in [0, 0.05) is 5.92 Å². The van der Waals surface area contributed by atoms with Gasteiger partial charge in [-0.05, 0) is 33.9 Å². The van der Waals surface area contributed by atoms with E-state index in [0.29, 0.717) is 5.92 Å². The van der Waals surface area contributed by atoms with E-state index in [2.05, 4.69) is 103 Å². The summed E-state index contributed by atoms with van der Waals surface area (Å²) in [6.07, 6.45) is 4.72. The molecule has 0 radical (unpaired) electrons. The second kappa shape index (κ2) is 6.10. The predicted octanol–water partition coefficient (Wildman–Crippen LogP) is 5.95. The van der Waals surface area contributed by atoms with Gasteiger partial charge in [0.1, 0.15) is 0 Å². The fraction of sp³-hybridized carbons (Fsp3) is 0.0435. The van der Waals surface area contributed by atoms with E-state index in [0.717, 1.165) is 0 Å². The molecule has 0 aromatic heterocycles. The lowest BCUT2D eigenvalue weighted by Gasteiger charge is -2.14. The number of rotatable bonds is 3. The molecule has 0 unspecified atom stereocenters. The summed E-state index contributed by atoms with van der Waals surface area (Å²) in [5, 5.41) is 0. The van der Waals surface area contributed by atoms with E-state index in [1.54, 1.807) is 0 Å². The Morgan fingerprint density at radius 3 is 1.65 bits per heavy atom. The van der Waals surface area contributed by atoms with E-state index in [1.165, 1.54) is 27.8 Å². The van der Waals surface area contributed by atoms with Crippen LogP contribution in [0.15, 0.2) is 103 Å². The highest BCUT2D eigenvalue weighted by Gasteiger charge is 2.22. The van der Waals surface area contributed by atoms with Crippen LogP contribution < -0.4 is 0 Å². The van der Waals surface area contributed by atoms with Crippen LogP contribution in [-0.2, 0) is 0 Å². The van der Waals surface area contributed by atoms with Gasteiger partial charge in [-0.15, -0.1) is 0 Å². The molecule has 0 saturated carbocycles. The topological polar surface area (TPSA) is 0 Å². The van der Waals surface area contributed by atoms with Crippen LogP contribution in [0.1, 0.15) is 22.6 Å². The van der Waals surface area contributed by atoms with E-state index in [4.69, 9.17) is 0 Å². The smallest absolute Gasteiger partial charge is 0.0284 e. The van der Waals surface area contributed by atoms with E-state index in [9.17, 15) is 0 Å². The third-order valence-electron chi connectivity index (χ3n) is 4.37. The Kier molecular flexibility index (Phi) is 3.65. The van der Waals surface area contributed by atoms with Gasteiger partial charge in [-0.3, -0.25) is 0 Å². The molecule has 0 aliphatic heterocycles. The van der Waals surface area contributed by atoms with E-state index in [1.807, 2.05) is 0 Å². The number of hydrogen-bond acceptors (Lipinski definition) is 0. The van der Waals surface area contributed by atoms with E-state index >= 15 is 0 Å². The molecule has 0 bridgehead atoms. The highest BCUT2D eigenvalue weighted by molar-refractivity contribution is 5.93. The van der Waals surface area contributed by atoms with Gasteiger partial charge >= 0.3 is 0 Å². The number of benzene rings is 3. The van der Waals surface area contributed by atoms with Crippen LogP contribution >= 0.6 is 0 Å². The van der Waals surface area contributed by atoms with Crippen LogP contribution in [0.2, 0.25) is 0 Å². The van der Waals surface area contributed by atoms with Gasteiger partial charge in [0.15, 0.2) is 0 Å². The second-order valence-corrected chi connectivity index (χ2v) is 5.84. The zero-order chi connectivity index (χ0) is 15.5. The largest absolute Gasteiger partial charge is 0.0647 e. The van der Waals surface area contributed by atoms with Gasteiger partial charge in [0.25, 0.3) is 0 Å². The normalized spacial score (nSPS) is 16.8. The molecular weight excluding hydrogens is 276 g/mol. The van der Waals surface area contributed by atoms with Gasteiger partial charge < -0.3 is 0 Å². The summed E-state index contributed by atoms with van der Waals surface area (Å²) in [7, 11) is 0. The van der Waals surface area contributed by atoms with Crippen molar-refractivity contribution in [3.8, 4) is 0 Å². The van der Waals surface area contributed by atoms with Crippen LogP contribution in [0.25, 0.3) is 11.1 Å². The zero-order valence-corrected chi connectivity index (χ0v) is 12.9. The van der Waals surface area contributed by atoms with Crippen LogP contribution in [0, 0.1) is 0 Å². The van der Waals surface area contributed by atoms with Gasteiger partial charge in [-0.2, -0.15) is 0 Å². The van der Waals surface area contributed by atoms with Gasteiger partial charge in [0.2, 0.25) is 0 Å². The SMILES string of the molecule is C1=C(c2ccccc2)C=C(c2ccccc2)[C@H]1c1ccccc1. The van der Waals surface area contributed by atoms with Crippen molar-refractivity contribution >= 4 is 11.1 Å². The number of allylic oxidation sites excluding steroid dienone is 4. The maximum Gasteiger partial charge on any atom is 0.0284 e. The van der Waals surface area contributed by atoms with Crippen LogP contribution in [-0.4, -0.2) is 0 Å². The molecule has 3 aromatic carbocycles. The Hall–Kier alpha value is -2.86.